The van der Waals surface area contributed by atoms with Gasteiger partial charge in [0.05, 0.1) is 6.54 Å². The monoisotopic (exact) mass is 304 g/mol. The second-order valence-electron chi connectivity index (χ2n) is 5.15. The zero-order valence-corrected chi connectivity index (χ0v) is 12.6. The predicted octanol–water partition coefficient (Wildman–Crippen LogP) is 3.39. The van der Waals surface area contributed by atoms with Crippen molar-refractivity contribution in [2.24, 2.45) is 0 Å². The van der Waals surface area contributed by atoms with E-state index in [0.717, 1.165) is 28.3 Å². The number of rotatable bonds is 4. The number of nitrogens with zero attached hydrogens (tertiary/aromatic N) is 1. The minimum absolute atomic E-state index is 0.0309. The summed E-state index contributed by atoms with van der Waals surface area (Å²) in [4.78, 5) is 16.0. The van der Waals surface area contributed by atoms with E-state index < -0.39 is 0 Å². The van der Waals surface area contributed by atoms with Crippen molar-refractivity contribution in [3.8, 4) is 10.4 Å². The molecule has 0 aliphatic carbocycles. The maximum absolute atomic E-state index is 13.0. The van der Waals surface area contributed by atoms with Gasteiger partial charge < -0.3 is 5.32 Å². The smallest absolute Gasteiger partial charge is 0.235 e. The van der Waals surface area contributed by atoms with E-state index in [1.807, 2.05) is 12.1 Å². The Balaban J connectivity index is 1.84. The van der Waals surface area contributed by atoms with Gasteiger partial charge >= 0.3 is 0 Å². The zero-order valence-electron chi connectivity index (χ0n) is 11.8. The number of hydrogen-bond acceptors (Lipinski definition) is 3. The van der Waals surface area contributed by atoms with Crippen LogP contribution in [0.25, 0.3) is 10.4 Å². The number of halogens is 1. The molecule has 5 heteroatoms. The van der Waals surface area contributed by atoms with Gasteiger partial charge in [-0.15, -0.1) is 11.3 Å². The molecule has 3 rings (SSSR count). The van der Waals surface area contributed by atoms with Gasteiger partial charge in [-0.05, 0) is 36.2 Å². The Bertz CT molecular complexity index is 638. The molecule has 21 heavy (non-hydrogen) atoms. The zero-order chi connectivity index (χ0) is 14.8. The van der Waals surface area contributed by atoms with Crippen molar-refractivity contribution in [1.82, 2.24) is 10.2 Å². The van der Waals surface area contributed by atoms with Crippen LogP contribution in [0.4, 0.5) is 4.39 Å². The number of benzene rings is 1. The Morgan fingerprint density at radius 2 is 2.05 bits per heavy atom. The van der Waals surface area contributed by atoms with Crippen LogP contribution < -0.4 is 5.32 Å². The summed E-state index contributed by atoms with van der Waals surface area (Å²) in [5.74, 6) is -0.155. The summed E-state index contributed by atoms with van der Waals surface area (Å²) in [5.41, 5.74) is 0.999. The molecular weight excluding hydrogens is 287 g/mol. The van der Waals surface area contributed by atoms with Crippen LogP contribution in [0.3, 0.4) is 0 Å². The third kappa shape index (κ3) is 2.99. The van der Waals surface area contributed by atoms with Gasteiger partial charge in [-0.2, -0.15) is 0 Å². The van der Waals surface area contributed by atoms with E-state index in [-0.39, 0.29) is 17.9 Å². The molecular formula is C16H17FN2OS. The van der Waals surface area contributed by atoms with Gasteiger partial charge in [-0.25, -0.2) is 4.39 Å². The molecule has 0 saturated carbocycles. The highest BCUT2D eigenvalue weighted by atomic mass is 32.1. The Morgan fingerprint density at radius 1 is 1.29 bits per heavy atom. The van der Waals surface area contributed by atoms with Crippen molar-refractivity contribution < 1.29 is 9.18 Å². The predicted molar refractivity (Wildman–Crippen MR) is 82.5 cm³/mol. The number of thiophene rings is 1. The first kappa shape index (κ1) is 14.2. The maximum atomic E-state index is 13.0. The van der Waals surface area contributed by atoms with Crippen LogP contribution in [-0.2, 0) is 4.79 Å². The molecule has 1 fully saturated rings. The van der Waals surface area contributed by atoms with Crippen LogP contribution >= 0.6 is 11.3 Å². The molecule has 0 spiro atoms. The van der Waals surface area contributed by atoms with Gasteiger partial charge in [0.1, 0.15) is 12.0 Å². The summed E-state index contributed by atoms with van der Waals surface area (Å²) in [6.07, 6.45) is 0.985. The average Bonchev–Trinajstić information content (AvgIpc) is 3.07. The molecule has 0 radical (unpaired) electrons. The van der Waals surface area contributed by atoms with E-state index >= 15 is 0 Å². The first-order chi connectivity index (χ1) is 10.2. The Labute approximate surface area is 127 Å². The van der Waals surface area contributed by atoms with Gasteiger partial charge in [0.15, 0.2) is 0 Å². The summed E-state index contributed by atoms with van der Waals surface area (Å²) in [6.45, 7) is 3.47. The molecule has 1 unspecified atom stereocenters. The molecule has 1 aliphatic rings. The van der Waals surface area contributed by atoms with E-state index in [1.54, 1.807) is 23.5 Å². The SMILES string of the molecule is CCCN1CC(=O)NC1c1ccc(-c2ccc(F)cc2)s1. The van der Waals surface area contributed by atoms with Gasteiger partial charge in [0, 0.05) is 16.3 Å². The summed E-state index contributed by atoms with van der Waals surface area (Å²) in [6, 6.07) is 10.6. The molecule has 1 saturated heterocycles. The van der Waals surface area contributed by atoms with Crippen molar-refractivity contribution in [2.75, 3.05) is 13.1 Å². The summed E-state index contributed by atoms with van der Waals surface area (Å²) in [7, 11) is 0. The van der Waals surface area contributed by atoms with Crippen LogP contribution in [0.2, 0.25) is 0 Å². The van der Waals surface area contributed by atoms with Crippen LogP contribution in [0.1, 0.15) is 24.4 Å². The Morgan fingerprint density at radius 3 is 2.76 bits per heavy atom. The second-order valence-corrected chi connectivity index (χ2v) is 6.26. The van der Waals surface area contributed by atoms with Gasteiger partial charge in [0.25, 0.3) is 0 Å². The number of carbonyl (C=O) groups is 1. The van der Waals surface area contributed by atoms with Crippen LogP contribution in [0.15, 0.2) is 36.4 Å². The van der Waals surface area contributed by atoms with E-state index in [9.17, 15) is 9.18 Å². The van der Waals surface area contributed by atoms with Crippen molar-refractivity contribution >= 4 is 17.2 Å². The molecule has 2 aromatic rings. The lowest BCUT2D eigenvalue weighted by Gasteiger charge is -2.21. The minimum Gasteiger partial charge on any atom is -0.335 e. The molecule has 0 bridgehead atoms. The quantitative estimate of drug-likeness (QED) is 0.939. The van der Waals surface area contributed by atoms with E-state index in [1.165, 1.54) is 12.1 Å². The molecule has 1 aromatic carbocycles. The number of nitrogens with one attached hydrogen (secondary N) is 1. The Hall–Kier alpha value is -1.72. The molecule has 3 nitrogen and oxygen atoms in total. The highest BCUT2D eigenvalue weighted by molar-refractivity contribution is 7.15. The summed E-state index contributed by atoms with van der Waals surface area (Å²) >= 11 is 1.64. The van der Waals surface area contributed by atoms with Crippen molar-refractivity contribution in [3.63, 3.8) is 0 Å². The average molecular weight is 304 g/mol. The fraction of sp³-hybridized carbons (Fsp3) is 0.312. The normalized spacial score (nSPS) is 19.0. The highest BCUT2D eigenvalue weighted by Gasteiger charge is 2.31. The summed E-state index contributed by atoms with van der Waals surface area (Å²) < 4.78 is 13.0. The van der Waals surface area contributed by atoms with E-state index in [0.29, 0.717) is 6.54 Å². The molecule has 2 heterocycles. The fourth-order valence-electron chi connectivity index (χ4n) is 2.58. The van der Waals surface area contributed by atoms with Crippen molar-refractivity contribution in [3.05, 3.63) is 47.1 Å². The van der Waals surface area contributed by atoms with Crippen LogP contribution in [0.5, 0.6) is 0 Å². The lowest BCUT2D eigenvalue weighted by atomic mass is 10.2. The molecule has 1 atom stereocenters. The lowest BCUT2D eigenvalue weighted by Crippen LogP contribution is -2.27. The largest absolute Gasteiger partial charge is 0.335 e. The first-order valence-electron chi connectivity index (χ1n) is 7.06. The Kier molecular flexibility index (Phi) is 4.03. The van der Waals surface area contributed by atoms with Crippen LogP contribution in [-0.4, -0.2) is 23.9 Å². The van der Waals surface area contributed by atoms with E-state index in [2.05, 4.69) is 17.1 Å². The number of amides is 1. The van der Waals surface area contributed by atoms with Gasteiger partial charge in [-0.1, -0.05) is 19.1 Å². The van der Waals surface area contributed by atoms with Crippen molar-refractivity contribution in [2.45, 2.75) is 19.5 Å². The minimum atomic E-state index is -0.229. The third-order valence-corrected chi connectivity index (χ3v) is 4.73. The second kappa shape index (κ2) is 5.95. The fourth-order valence-corrected chi connectivity index (χ4v) is 3.68. The molecule has 1 N–H and O–H groups in total. The lowest BCUT2D eigenvalue weighted by molar-refractivity contribution is -0.118. The van der Waals surface area contributed by atoms with Gasteiger partial charge in [-0.3, -0.25) is 9.69 Å². The molecule has 1 aliphatic heterocycles. The number of carbonyl (C=O) groups excluding carboxylic acids is 1. The maximum Gasteiger partial charge on any atom is 0.235 e. The van der Waals surface area contributed by atoms with E-state index in [4.69, 9.17) is 0 Å². The topological polar surface area (TPSA) is 32.3 Å². The first-order valence-corrected chi connectivity index (χ1v) is 7.88. The number of hydrogen-bond donors (Lipinski definition) is 1. The van der Waals surface area contributed by atoms with Crippen LogP contribution in [0, 0.1) is 5.82 Å². The summed E-state index contributed by atoms with van der Waals surface area (Å²) in [5, 5.41) is 3.02. The third-order valence-electron chi connectivity index (χ3n) is 3.55. The van der Waals surface area contributed by atoms with Crippen molar-refractivity contribution in [1.29, 1.82) is 0 Å². The molecule has 1 amide bonds. The molecule has 110 valence electrons. The van der Waals surface area contributed by atoms with Gasteiger partial charge in [0.2, 0.25) is 5.91 Å². The highest BCUT2D eigenvalue weighted by Crippen LogP contribution is 2.34. The molecule has 1 aromatic heterocycles. The standard InChI is InChI=1S/C16H17FN2OS/c1-2-9-19-10-15(20)18-16(19)14-8-7-13(21-14)11-3-5-12(17)6-4-11/h3-8,16H,2,9-10H2,1H3,(H,18,20).